The molecule has 0 atom stereocenters. The predicted octanol–water partition coefficient (Wildman–Crippen LogP) is 16.0. The minimum atomic E-state index is 0. The van der Waals surface area contributed by atoms with Gasteiger partial charge in [-0.15, -0.1) is 53.6 Å². The molecule has 6 heteroatoms. The maximum Gasteiger partial charge on any atom is 0.121 e. The number of pyridine rings is 1. The van der Waals surface area contributed by atoms with Crippen LogP contribution in [0.25, 0.3) is 83.6 Å². The normalized spacial score (nSPS) is 13.4. The van der Waals surface area contributed by atoms with E-state index >= 15 is 0 Å². The van der Waals surface area contributed by atoms with E-state index in [1.807, 2.05) is 54.7 Å². The van der Waals surface area contributed by atoms with Crippen LogP contribution in [0.3, 0.4) is 0 Å². The van der Waals surface area contributed by atoms with Crippen LogP contribution in [-0.2, 0) is 30.9 Å². The van der Waals surface area contributed by atoms with Gasteiger partial charge in [-0.1, -0.05) is 145 Å². The molecule has 7 aromatic carbocycles. The standard InChI is InChI=1S/C44H34N3O.C17H18N.Ir/c1-27(2)37-23-33(30-11-6-5-7-12-30)24-38(28(3)4)42(37)47-40-16-9-8-15-39(40)46-44(47)36-14-10-13-35-34-22-21-32(25-41(34)48-43(35)36)31-19-17-29(26-45)18-20-31;1-16(2)13-9-6-5-8-12(13)15-14(17(16,3)4)10-7-11-18-15;/h5-13,15-25,27-28H,1-4H3;5-7,9-11H,1-4H3;/q2*-1;. The zero-order valence-electron chi connectivity index (χ0n) is 39.2. The number of para-hydroxylation sites is 2. The van der Waals surface area contributed by atoms with E-state index < -0.39 is 0 Å². The first kappa shape index (κ1) is 45.3. The Kier molecular flexibility index (Phi) is 12.0. The van der Waals surface area contributed by atoms with Gasteiger partial charge in [0.2, 0.25) is 0 Å². The second-order valence-electron chi connectivity index (χ2n) is 19.1. The molecule has 5 nitrogen and oxygen atoms in total. The van der Waals surface area contributed by atoms with E-state index in [2.05, 4.69) is 186 Å². The van der Waals surface area contributed by atoms with Gasteiger partial charge in [0.15, 0.2) is 0 Å². The Morgan fingerprint density at radius 2 is 1.25 bits per heavy atom. The van der Waals surface area contributed by atoms with Crippen molar-refractivity contribution in [2.24, 2.45) is 0 Å². The van der Waals surface area contributed by atoms with Gasteiger partial charge < -0.3 is 14.0 Å². The molecule has 10 aromatic rings. The van der Waals surface area contributed by atoms with Crippen LogP contribution in [0, 0.1) is 23.5 Å². The Balaban J connectivity index is 0.000000248. The molecule has 67 heavy (non-hydrogen) atoms. The fraction of sp³-hybridized carbons (Fsp3) is 0.197. The van der Waals surface area contributed by atoms with Crippen LogP contribution >= 0.6 is 0 Å². The largest absolute Gasteiger partial charge is 0.501 e. The van der Waals surface area contributed by atoms with Crippen LogP contribution in [0.1, 0.15) is 95.0 Å². The molecule has 0 saturated carbocycles. The summed E-state index contributed by atoms with van der Waals surface area (Å²) in [6.07, 6.45) is 1.87. The third-order valence-corrected chi connectivity index (χ3v) is 14.1. The van der Waals surface area contributed by atoms with Crippen molar-refractivity contribution in [1.82, 2.24) is 14.5 Å². The summed E-state index contributed by atoms with van der Waals surface area (Å²) >= 11 is 0. The van der Waals surface area contributed by atoms with Crippen LogP contribution in [0.15, 0.2) is 162 Å². The smallest absolute Gasteiger partial charge is 0.121 e. The van der Waals surface area contributed by atoms with Gasteiger partial charge >= 0.3 is 0 Å². The molecule has 0 spiro atoms. The van der Waals surface area contributed by atoms with Crippen molar-refractivity contribution in [2.45, 2.75) is 78.1 Å². The average Bonchev–Trinajstić information content (AvgIpc) is 3.92. The van der Waals surface area contributed by atoms with E-state index in [1.165, 1.54) is 39.1 Å². The van der Waals surface area contributed by atoms with Gasteiger partial charge in [-0.2, -0.15) is 5.26 Å². The molecule has 0 aliphatic heterocycles. The molecule has 0 saturated heterocycles. The number of fused-ring (bicyclic) bond motifs is 7. The zero-order valence-corrected chi connectivity index (χ0v) is 41.6. The number of imidazole rings is 1. The van der Waals surface area contributed by atoms with Crippen LogP contribution < -0.4 is 0 Å². The number of aromatic nitrogens is 3. The van der Waals surface area contributed by atoms with Crippen molar-refractivity contribution in [3.8, 4) is 56.7 Å². The molecular formula is C61H52IrN4O-2. The second kappa shape index (κ2) is 17.7. The van der Waals surface area contributed by atoms with Gasteiger partial charge in [0.05, 0.1) is 34.1 Å². The molecule has 11 rings (SSSR count). The van der Waals surface area contributed by atoms with E-state index in [4.69, 9.17) is 9.40 Å². The molecule has 3 heterocycles. The fourth-order valence-electron chi connectivity index (χ4n) is 9.80. The summed E-state index contributed by atoms with van der Waals surface area (Å²) in [6.45, 7) is 18.3. The van der Waals surface area contributed by atoms with Crippen molar-refractivity contribution in [2.75, 3.05) is 0 Å². The van der Waals surface area contributed by atoms with Gasteiger partial charge in [-0.3, -0.25) is 4.98 Å². The molecular weight excluding hydrogens is 997 g/mol. The van der Waals surface area contributed by atoms with Crippen LogP contribution in [0.4, 0.5) is 0 Å². The van der Waals surface area contributed by atoms with Gasteiger partial charge in [0.1, 0.15) is 5.58 Å². The summed E-state index contributed by atoms with van der Waals surface area (Å²) in [5, 5.41) is 11.3. The van der Waals surface area contributed by atoms with E-state index in [9.17, 15) is 5.26 Å². The Hall–Kier alpha value is -6.90. The van der Waals surface area contributed by atoms with Crippen LogP contribution in [0.5, 0.6) is 0 Å². The number of nitrogens with zero attached hydrogens (tertiary/aromatic N) is 4. The maximum absolute atomic E-state index is 9.25. The minimum absolute atomic E-state index is 0. The first-order valence-corrected chi connectivity index (χ1v) is 22.9. The number of furan rings is 1. The number of hydrogen-bond donors (Lipinski definition) is 0. The molecule has 0 bridgehead atoms. The molecule has 1 aliphatic carbocycles. The first-order chi connectivity index (χ1) is 31.9. The molecule has 0 N–H and O–H groups in total. The monoisotopic (exact) mass is 1050 g/mol. The second-order valence-corrected chi connectivity index (χ2v) is 19.1. The van der Waals surface area contributed by atoms with Gasteiger partial charge in [-0.25, -0.2) is 0 Å². The fourth-order valence-corrected chi connectivity index (χ4v) is 9.80. The molecule has 1 radical (unpaired) electrons. The zero-order chi connectivity index (χ0) is 45.9. The maximum atomic E-state index is 9.25. The van der Waals surface area contributed by atoms with E-state index in [0.717, 1.165) is 66.7 Å². The Morgan fingerprint density at radius 1 is 0.612 bits per heavy atom. The molecule has 1 aliphatic rings. The van der Waals surface area contributed by atoms with E-state index in [-0.39, 0.29) is 42.8 Å². The summed E-state index contributed by atoms with van der Waals surface area (Å²) in [4.78, 5) is 9.88. The summed E-state index contributed by atoms with van der Waals surface area (Å²) in [5.41, 5.74) is 18.3. The molecule has 0 fully saturated rings. The van der Waals surface area contributed by atoms with Gasteiger partial charge in [0, 0.05) is 37.4 Å². The minimum Gasteiger partial charge on any atom is -0.501 e. The average molecular weight is 1050 g/mol. The topological polar surface area (TPSA) is 67.6 Å². The summed E-state index contributed by atoms with van der Waals surface area (Å²) in [6, 6.07) is 61.4. The molecule has 333 valence electrons. The quantitative estimate of drug-likeness (QED) is 0.156. The first-order valence-electron chi connectivity index (χ1n) is 22.9. The van der Waals surface area contributed by atoms with Gasteiger partial charge in [0.25, 0.3) is 0 Å². The molecule has 0 unspecified atom stereocenters. The van der Waals surface area contributed by atoms with Crippen molar-refractivity contribution < 1.29 is 24.5 Å². The Labute approximate surface area is 407 Å². The van der Waals surface area contributed by atoms with E-state index in [1.54, 1.807) is 0 Å². The third-order valence-electron chi connectivity index (χ3n) is 14.1. The third kappa shape index (κ3) is 7.71. The SMILES string of the molecule is CC(C)c1cc(-c2ccccc2)cc(C(C)C)c1-n1c(-c2[c-]ccc3c2oc2cc(-c4ccc(C#N)cc4)ccc23)nc2ccccc21.CC1(C)c2ccc[c-]c2-c2ncccc2C1(C)C.[Ir]. The van der Waals surface area contributed by atoms with Crippen LogP contribution in [0.2, 0.25) is 0 Å². The molecule has 3 aromatic heterocycles. The predicted molar refractivity (Wildman–Crippen MR) is 271 cm³/mol. The van der Waals surface area contributed by atoms with Crippen molar-refractivity contribution in [1.29, 1.82) is 5.26 Å². The number of nitriles is 1. The number of rotatable bonds is 6. The summed E-state index contributed by atoms with van der Waals surface area (Å²) < 4.78 is 9.07. The van der Waals surface area contributed by atoms with Crippen molar-refractivity contribution in [3.63, 3.8) is 0 Å². The van der Waals surface area contributed by atoms with E-state index in [0.29, 0.717) is 5.56 Å². The Bertz CT molecular complexity index is 3410. The number of hydrogen-bond acceptors (Lipinski definition) is 4. The molecule has 0 amide bonds. The summed E-state index contributed by atoms with van der Waals surface area (Å²) in [5.74, 6) is 1.34. The number of benzene rings is 7. The summed E-state index contributed by atoms with van der Waals surface area (Å²) in [7, 11) is 0. The van der Waals surface area contributed by atoms with Crippen molar-refractivity contribution in [3.05, 3.63) is 198 Å². The Morgan fingerprint density at radius 3 is 1.97 bits per heavy atom. The van der Waals surface area contributed by atoms with Crippen molar-refractivity contribution >= 4 is 33.0 Å². The van der Waals surface area contributed by atoms with Crippen LogP contribution in [-0.4, -0.2) is 14.5 Å². The van der Waals surface area contributed by atoms with Gasteiger partial charge in [-0.05, 0) is 110 Å².